The van der Waals surface area contributed by atoms with Crippen LogP contribution in [0.25, 0.3) is 0 Å². The van der Waals surface area contributed by atoms with Crippen LogP contribution in [0.15, 0.2) is 6.58 Å². The van der Waals surface area contributed by atoms with Crippen LogP contribution in [0.3, 0.4) is 0 Å². The molecule has 6 atom stereocenters. The van der Waals surface area contributed by atoms with Crippen molar-refractivity contribution in [1.29, 1.82) is 0 Å². The summed E-state index contributed by atoms with van der Waals surface area (Å²) in [6.45, 7) is 7.13. The third-order valence-electron chi connectivity index (χ3n) is 6.14. The van der Waals surface area contributed by atoms with Gasteiger partial charge >= 0.3 is 31.1 Å². The van der Waals surface area contributed by atoms with Crippen molar-refractivity contribution >= 4 is 32.7 Å². The van der Waals surface area contributed by atoms with Crippen molar-refractivity contribution in [2.75, 3.05) is 0 Å². The first-order chi connectivity index (χ1) is 9.41. The summed E-state index contributed by atoms with van der Waals surface area (Å²) in [6.07, 6.45) is 7.64. The molecule has 4 rings (SSSR count). The van der Waals surface area contributed by atoms with E-state index >= 15 is 0 Å². The third-order valence-corrected chi connectivity index (χ3v) is 8.98. The Kier molecular flexibility index (Phi) is 4.83. The van der Waals surface area contributed by atoms with Crippen LogP contribution < -0.4 is 0 Å². The number of fused-ring (bicyclic) bond motifs is 1. The van der Waals surface area contributed by atoms with Gasteiger partial charge in [0.25, 0.3) is 10.1 Å². The van der Waals surface area contributed by atoms with Gasteiger partial charge in [-0.1, -0.05) is 35.4 Å². The van der Waals surface area contributed by atoms with E-state index in [9.17, 15) is 17.9 Å². The van der Waals surface area contributed by atoms with Gasteiger partial charge in [-0.05, 0) is 36.5 Å². The Morgan fingerprint density at radius 1 is 1.32 bits per heavy atom. The molecule has 2 N–H and O–H groups in total. The predicted molar refractivity (Wildman–Crippen MR) is 83.5 cm³/mol. The van der Waals surface area contributed by atoms with E-state index in [0.717, 1.165) is 47.3 Å². The number of aliphatic hydroxyl groups is 1. The van der Waals surface area contributed by atoms with Crippen LogP contribution >= 0.6 is 22.6 Å². The van der Waals surface area contributed by atoms with Gasteiger partial charge in [0.1, 0.15) is 0 Å². The van der Waals surface area contributed by atoms with Gasteiger partial charge in [-0.25, -0.2) is 4.39 Å². The molecule has 4 aliphatic rings. The van der Waals surface area contributed by atoms with E-state index in [1.165, 1.54) is 25.3 Å². The maximum absolute atomic E-state index is 12.3. The maximum atomic E-state index is 12.3. The monoisotopic (exact) mass is 666 g/mol. The smallest absolute Gasteiger partial charge is 0.436 e. The van der Waals surface area contributed by atoms with Crippen LogP contribution in [-0.4, -0.2) is 26.7 Å². The second-order valence-electron chi connectivity index (χ2n) is 7.04. The van der Waals surface area contributed by atoms with Crippen LogP contribution in [0.5, 0.6) is 0 Å². The summed E-state index contributed by atoms with van der Waals surface area (Å²) in [7, 11) is -4.71. The summed E-state index contributed by atoms with van der Waals surface area (Å²) in [5.74, 6) is 1.67. The quantitative estimate of drug-likeness (QED) is 0.206. The molecule has 0 radical (unpaired) electrons. The van der Waals surface area contributed by atoms with Gasteiger partial charge in [-0.15, -0.1) is 5.41 Å². The molecule has 4 nitrogen and oxygen atoms in total. The zero-order chi connectivity index (χ0) is 15.9. The van der Waals surface area contributed by atoms with Crippen LogP contribution in [-0.2, 0) is 10.1 Å². The van der Waals surface area contributed by atoms with Crippen molar-refractivity contribution in [2.24, 2.45) is 22.7 Å². The second-order valence-corrected chi connectivity index (χ2v) is 10.8. The predicted octanol–water partition coefficient (Wildman–Crippen LogP) is 2.68. The van der Waals surface area contributed by atoms with Crippen LogP contribution in [0.2, 0.25) is 0 Å². The summed E-state index contributed by atoms with van der Waals surface area (Å²) < 4.78 is 37.4. The van der Waals surface area contributed by atoms with Gasteiger partial charge in [-0.2, -0.15) is 8.42 Å². The molecule has 22 heavy (non-hydrogen) atoms. The fourth-order valence-electron chi connectivity index (χ4n) is 5.61. The van der Waals surface area contributed by atoms with Crippen molar-refractivity contribution in [2.45, 2.75) is 40.7 Å². The SMILES string of the molecule is C=[C-]C(F)(I)S(=O)(=O)O.[CH2-]C12CC3CC4(O)CC(C1)C24C3.[U+2]. The molecule has 0 saturated heterocycles. The van der Waals surface area contributed by atoms with Gasteiger partial charge in [0, 0.05) is 0 Å². The molecule has 0 amide bonds. The molecule has 4 fully saturated rings. The zero-order valence-corrected chi connectivity index (χ0v) is 19.1. The molecule has 1 spiro atoms. The first kappa shape index (κ1) is 19.6. The summed E-state index contributed by atoms with van der Waals surface area (Å²) >= 11 is 0.868. The van der Waals surface area contributed by atoms with Crippen LogP contribution in [0.1, 0.15) is 32.1 Å². The van der Waals surface area contributed by atoms with Gasteiger partial charge in [-0.3, -0.25) is 11.1 Å². The summed E-state index contributed by atoms with van der Waals surface area (Å²) in [5, 5.41) is 10.4. The van der Waals surface area contributed by atoms with E-state index in [1.807, 2.05) is 0 Å². The minimum Gasteiger partial charge on any atom is -0.436 e. The molecule has 2 bridgehead atoms. The van der Waals surface area contributed by atoms with E-state index in [-0.39, 0.29) is 36.7 Å². The first-order valence-corrected chi connectivity index (χ1v) is 9.40. The maximum Gasteiger partial charge on any atom is 2.00 e. The van der Waals surface area contributed by atoms with Crippen molar-refractivity contribution in [3.63, 3.8) is 0 Å². The minimum atomic E-state index is -4.71. The normalized spacial score (nSPS) is 49.3. The summed E-state index contributed by atoms with van der Waals surface area (Å²) in [4.78, 5) is 0. The molecule has 8 heteroatoms. The Hall–Kier alpha value is 1.32. The Morgan fingerprint density at radius 3 is 2.18 bits per heavy atom. The van der Waals surface area contributed by atoms with Crippen LogP contribution in [0.4, 0.5) is 4.39 Å². The zero-order valence-electron chi connectivity index (χ0n) is 12.0. The van der Waals surface area contributed by atoms with E-state index in [2.05, 4.69) is 13.5 Å². The number of alkyl halides is 2. The largest absolute Gasteiger partial charge is 2.00 e. The van der Waals surface area contributed by atoms with E-state index in [4.69, 9.17) is 4.55 Å². The molecule has 0 aromatic heterocycles. The fourth-order valence-corrected chi connectivity index (χ4v) is 5.79. The van der Waals surface area contributed by atoms with Gasteiger partial charge in [0.15, 0.2) is 3.01 Å². The number of hydrogen-bond acceptors (Lipinski definition) is 3. The van der Waals surface area contributed by atoms with Crippen molar-refractivity contribution in [1.82, 2.24) is 0 Å². The summed E-state index contributed by atoms with van der Waals surface area (Å²) in [6, 6.07) is 0. The Labute approximate surface area is 168 Å². The minimum absolute atomic E-state index is 0. The van der Waals surface area contributed by atoms with Gasteiger partial charge in [0.05, 0.1) is 5.60 Å². The van der Waals surface area contributed by atoms with E-state index in [0.29, 0.717) is 10.8 Å². The Morgan fingerprint density at radius 2 is 1.91 bits per heavy atom. The number of rotatable bonds is 2. The van der Waals surface area contributed by atoms with Gasteiger partial charge < -0.3 is 18.1 Å². The third kappa shape index (κ3) is 2.27. The molecule has 4 aliphatic carbocycles. The van der Waals surface area contributed by atoms with E-state index in [1.54, 1.807) is 0 Å². The topological polar surface area (TPSA) is 74.6 Å². The van der Waals surface area contributed by atoms with Crippen molar-refractivity contribution in [3.8, 4) is 0 Å². The second kappa shape index (κ2) is 5.41. The Balaban J connectivity index is 0.000000162. The molecule has 6 unspecified atom stereocenters. The molecule has 122 valence electrons. The standard InChI is InChI=1S/C11H15O.C3H3FIO3S.U/c1-9-2-7-3-10(12)6-8(5-9)11(9,10)4-7;1-2-3(4,5)9(6,7)8;/h7-8,12H,1-6H2;1H2,(H,6,7,8);/q2*-1;+2. The number of hydrogen-bond donors (Lipinski definition) is 2. The molecular weight excluding hydrogens is 648 g/mol. The molecule has 4 saturated carbocycles. The van der Waals surface area contributed by atoms with Crippen LogP contribution in [0, 0.1) is 66.8 Å². The molecule has 0 aromatic carbocycles. The van der Waals surface area contributed by atoms with Crippen molar-refractivity contribution in [3.05, 3.63) is 19.6 Å². The molecular formula is C14H18FIO4SU. The van der Waals surface area contributed by atoms with E-state index < -0.39 is 13.1 Å². The van der Waals surface area contributed by atoms with Gasteiger partial charge in [0.2, 0.25) is 0 Å². The van der Waals surface area contributed by atoms with Crippen molar-refractivity contribution < 1.29 is 53.6 Å². The molecule has 0 heterocycles. The average Bonchev–Trinajstić information content (AvgIpc) is 2.72. The molecule has 0 aliphatic heterocycles. The number of halogens is 2. The summed E-state index contributed by atoms with van der Waals surface area (Å²) in [5.41, 5.74) is 0.388. The average molecular weight is 666 g/mol. The Bertz CT molecular complexity index is 588. The molecule has 0 aromatic rings. The fraction of sp³-hybridized carbons (Fsp3) is 0.786. The first-order valence-electron chi connectivity index (χ1n) is 6.88.